The van der Waals surface area contributed by atoms with E-state index in [4.69, 9.17) is 19.9 Å². The number of hydrogen-bond donors (Lipinski definition) is 1. The molecule has 2 aromatic carbocycles. The Labute approximate surface area is 117 Å². The third kappa shape index (κ3) is 1.58. The molecule has 4 nitrogen and oxygen atoms in total. The summed E-state index contributed by atoms with van der Waals surface area (Å²) < 4.78 is 16.3. The Morgan fingerprint density at radius 2 is 1.55 bits per heavy atom. The second kappa shape index (κ2) is 4.15. The van der Waals surface area contributed by atoms with E-state index in [9.17, 15) is 0 Å². The van der Waals surface area contributed by atoms with Crippen LogP contribution < -0.4 is 15.2 Å². The minimum atomic E-state index is -0.102. The van der Waals surface area contributed by atoms with Gasteiger partial charge in [-0.25, -0.2) is 0 Å². The van der Waals surface area contributed by atoms with E-state index in [0.717, 1.165) is 17.2 Å². The third-order valence-corrected chi connectivity index (χ3v) is 4.09. The van der Waals surface area contributed by atoms with Crippen LogP contribution in [0.2, 0.25) is 0 Å². The van der Waals surface area contributed by atoms with Crippen molar-refractivity contribution < 1.29 is 14.2 Å². The number of nitrogen functional groups attached to an aromatic ring is 1. The molecule has 2 aromatic rings. The molecule has 0 amide bonds. The quantitative estimate of drug-likeness (QED) is 0.850. The van der Waals surface area contributed by atoms with Crippen LogP contribution in [-0.4, -0.2) is 20.0 Å². The summed E-state index contributed by atoms with van der Waals surface area (Å²) in [5, 5.41) is 0. The molecule has 2 N–H and O–H groups in total. The summed E-state index contributed by atoms with van der Waals surface area (Å²) in [7, 11) is 0. The van der Waals surface area contributed by atoms with Gasteiger partial charge >= 0.3 is 0 Å². The molecule has 0 spiro atoms. The molecule has 0 aromatic heterocycles. The van der Waals surface area contributed by atoms with Crippen molar-refractivity contribution in [3.05, 3.63) is 53.6 Å². The molecule has 0 saturated carbocycles. The fraction of sp³-hybridized carbons (Fsp3) is 0.250. The molecule has 2 aliphatic heterocycles. The monoisotopic (exact) mass is 269 g/mol. The number of rotatable bonds is 2. The van der Waals surface area contributed by atoms with Crippen LogP contribution >= 0.6 is 0 Å². The number of hydrogen-bond acceptors (Lipinski definition) is 4. The summed E-state index contributed by atoms with van der Waals surface area (Å²) in [6, 6.07) is 14.1. The van der Waals surface area contributed by atoms with Crippen molar-refractivity contribution in [2.24, 2.45) is 0 Å². The maximum absolute atomic E-state index is 5.77. The van der Waals surface area contributed by atoms with Crippen LogP contribution in [0.15, 0.2) is 42.5 Å². The second-order valence-electron chi connectivity index (χ2n) is 5.26. The first kappa shape index (κ1) is 11.6. The zero-order valence-corrected chi connectivity index (χ0v) is 11.0. The number of nitrogens with two attached hydrogens (primary N) is 1. The number of anilines is 1. The molecule has 1 saturated heterocycles. The Kier molecular flexibility index (Phi) is 2.41. The molecule has 0 aliphatic carbocycles. The van der Waals surface area contributed by atoms with Crippen molar-refractivity contribution in [1.29, 1.82) is 0 Å². The predicted octanol–water partition coefficient (Wildman–Crippen LogP) is 2.31. The molecule has 1 fully saturated rings. The van der Waals surface area contributed by atoms with Crippen LogP contribution in [-0.2, 0) is 10.2 Å². The van der Waals surface area contributed by atoms with E-state index in [1.54, 1.807) is 0 Å². The molecular formula is C16H15NO3. The molecule has 0 unspecified atom stereocenters. The fourth-order valence-corrected chi connectivity index (χ4v) is 2.80. The van der Waals surface area contributed by atoms with Crippen molar-refractivity contribution >= 4 is 5.69 Å². The van der Waals surface area contributed by atoms with Crippen LogP contribution in [0.4, 0.5) is 5.69 Å². The highest BCUT2D eigenvalue weighted by atomic mass is 16.7. The topological polar surface area (TPSA) is 53.7 Å². The highest BCUT2D eigenvalue weighted by molar-refractivity contribution is 5.52. The largest absolute Gasteiger partial charge is 0.454 e. The van der Waals surface area contributed by atoms with E-state index in [1.165, 1.54) is 11.1 Å². The Hall–Kier alpha value is -2.20. The van der Waals surface area contributed by atoms with Crippen LogP contribution in [0.3, 0.4) is 0 Å². The van der Waals surface area contributed by atoms with Crippen molar-refractivity contribution in [2.45, 2.75) is 5.41 Å². The van der Waals surface area contributed by atoms with E-state index >= 15 is 0 Å². The lowest BCUT2D eigenvalue weighted by atomic mass is 9.73. The highest BCUT2D eigenvalue weighted by Crippen LogP contribution is 2.43. The van der Waals surface area contributed by atoms with Gasteiger partial charge in [0.2, 0.25) is 6.79 Å². The van der Waals surface area contributed by atoms with Crippen LogP contribution in [0.25, 0.3) is 0 Å². The van der Waals surface area contributed by atoms with Gasteiger partial charge in [-0.05, 0) is 35.4 Å². The summed E-state index contributed by atoms with van der Waals surface area (Å²) in [4.78, 5) is 0. The maximum atomic E-state index is 5.77. The van der Waals surface area contributed by atoms with Crippen molar-refractivity contribution in [3.63, 3.8) is 0 Å². The molecule has 20 heavy (non-hydrogen) atoms. The average molecular weight is 269 g/mol. The molecule has 102 valence electrons. The van der Waals surface area contributed by atoms with Gasteiger partial charge in [0.15, 0.2) is 11.5 Å². The molecule has 2 heterocycles. The standard InChI is InChI=1S/C16H15NO3/c17-13-4-1-11(2-5-13)16(8-18-9-16)12-3-6-14-15(7-12)20-10-19-14/h1-7H,8-10,17H2. The van der Waals surface area contributed by atoms with Gasteiger partial charge in [-0.1, -0.05) is 18.2 Å². The van der Waals surface area contributed by atoms with Gasteiger partial charge in [0, 0.05) is 5.69 Å². The average Bonchev–Trinajstić information content (AvgIpc) is 2.87. The Balaban J connectivity index is 1.79. The molecule has 0 radical (unpaired) electrons. The van der Waals surface area contributed by atoms with Gasteiger partial charge < -0.3 is 19.9 Å². The zero-order valence-electron chi connectivity index (χ0n) is 11.0. The van der Waals surface area contributed by atoms with E-state index in [0.29, 0.717) is 20.0 Å². The van der Waals surface area contributed by atoms with E-state index < -0.39 is 0 Å². The van der Waals surface area contributed by atoms with Crippen molar-refractivity contribution in [1.82, 2.24) is 0 Å². The molecule has 4 heteroatoms. The first-order valence-electron chi connectivity index (χ1n) is 6.62. The van der Waals surface area contributed by atoms with Gasteiger partial charge in [0.05, 0.1) is 18.6 Å². The summed E-state index contributed by atoms with van der Waals surface area (Å²) in [6.45, 7) is 1.65. The fourth-order valence-electron chi connectivity index (χ4n) is 2.80. The van der Waals surface area contributed by atoms with E-state index in [2.05, 4.69) is 24.3 Å². The molecule has 0 bridgehead atoms. The van der Waals surface area contributed by atoms with Gasteiger partial charge in [-0.15, -0.1) is 0 Å². The summed E-state index contributed by atoms with van der Waals surface area (Å²) in [5.74, 6) is 1.62. The number of ether oxygens (including phenoxy) is 3. The summed E-state index contributed by atoms with van der Waals surface area (Å²) in [6.07, 6.45) is 0. The lowest BCUT2D eigenvalue weighted by molar-refractivity contribution is -0.0380. The van der Waals surface area contributed by atoms with Crippen LogP contribution in [0, 0.1) is 0 Å². The molecule has 2 aliphatic rings. The van der Waals surface area contributed by atoms with Crippen LogP contribution in [0.5, 0.6) is 11.5 Å². The lowest BCUT2D eigenvalue weighted by Crippen LogP contribution is -2.47. The highest BCUT2D eigenvalue weighted by Gasteiger charge is 2.42. The Bertz CT molecular complexity index is 647. The van der Waals surface area contributed by atoms with Crippen LogP contribution in [0.1, 0.15) is 11.1 Å². The minimum absolute atomic E-state index is 0.102. The van der Waals surface area contributed by atoms with Gasteiger partial charge in [-0.3, -0.25) is 0 Å². The molecule has 4 rings (SSSR count). The maximum Gasteiger partial charge on any atom is 0.231 e. The lowest BCUT2D eigenvalue weighted by Gasteiger charge is -2.42. The molecular weight excluding hydrogens is 254 g/mol. The smallest absolute Gasteiger partial charge is 0.231 e. The van der Waals surface area contributed by atoms with Gasteiger partial charge in [0.1, 0.15) is 0 Å². The van der Waals surface area contributed by atoms with E-state index in [-0.39, 0.29) is 5.41 Å². The number of fused-ring (bicyclic) bond motifs is 1. The van der Waals surface area contributed by atoms with Gasteiger partial charge in [0.25, 0.3) is 0 Å². The van der Waals surface area contributed by atoms with E-state index in [1.807, 2.05) is 18.2 Å². The third-order valence-electron chi connectivity index (χ3n) is 4.09. The normalized spacial score (nSPS) is 18.6. The summed E-state index contributed by atoms with van der Waals surface area (Å²) in [5.41, 5.74) is 8.86. The molecule has 0 atom stereocenters. The zero-order chi connectivity index (χ0) is 13.6. The van der Waals surface area contributed by atoms with Crippen molar-refractivity contribution in [3.8, 4) is 11.5 Å². The van der Waals surface area contributed by atoms with Crippen molar-refractivity contribution in [2.75, 3.05) is 25.7 Å². The first-order valence-corrected chi connectivity index (χ1v) is 6.62. The summed E-state index contributed by atoms with van der Waals surface area (Å²) >= 11 is 0. The Morgan fingerprint density at radius 1 is 0.850 bits per heavy atom. The van der Waals surface area contributed by atoms with Gasteiger partial charge in [-0.2, -0.15) is 0 Å². The number of benzene rings is 2. The predicted molar refractivity (Wildman–Crippen MR) is 75.0 cm³/mol. The Morgan fingerprint density at radius 3 is 2.25 bits per heavy atom. The minimum Gasteiger partial charge on any atom is -0.454 e. The SMILES string of the molecule is Nc1ccc(C2(c3ccc4c(c3)OCO4)COC2)cc1. The first-order chi connectivity index (χ1) is 9.78. The second-order valence-corrected chi connectivity index (χ2v) is 5.26.